The maximum Gasteiger partial charge on any atom is 0.340 e. The van der Waals surface area contributed by atoms with E-state index in [0.717, 1.165) is 0 Å². The van der Waals surface area contributed by atoms with Gasteiger partial charge in [-0.3, -0.25) is 4.40 Å². The number of aromatic nitrogens is 4. The highest BCUT2D eigenvalue weighted by molar-refractivity contribution is 5.88. The van der Waals surface area contributed by atoms with E-state index in [-0.39, 0.29) is 0 Å². The smallest absolute Gasteiger partial charge is 0.340 e. The topological polar surface area (TPSA) is 69.4 Å². The molecule has 0 N–H and O–H groups in total. The Kier molecular flexibility index (Phi) is 1.66. The lowest BCUT2D eigenvalue weighted by molar-refractivity contribution is 0.0599. The Morgan fingerprint density at radius 3 is 3.23 bits per heavy atom. The zero-order valence-corrected chi connectivity index (χ0v) is 6.84. The Morgan fingerprint density at radius 2 is 2.46 bits per heavy atom. The molecule has 0 saturated carbocycles. The summed E-state index contributed by atoms with van der Waals surface area (Å²) in [6.45, 7) is 0. The zero-order valence-electron chi connectivity index (χ0n) is 6.84. The third-order valence-corrected chi connectivity index (χ3v) is 1.57. The monoisotopic (exact) mass is 178 g/mol. The summed E-state index contributed by atoms with van der Waals surface area (Å²) >= 11 is 0. The molecule has 2 rings (SSSR count). The van der Waals surface area contributed by atoms with Crippen LogP contribution < -0.4 is 0 Å². The first-order valence-electron chi connectivity index (χ1n) is 3.55. The number of carbonyl (C=O) groups is 1. The Balaban J connectivity index is 2.54. The molecule has 0 bridgehead atoms. The lowest BCUT2D eigenvalue weighted by Gasteiger charge is -1.97. The fraction of sp³-hybridized carbons (Fsp3) is 0.143. The van der Waals surface area contributed by atoms with Crippen LogP contribution in [0.15, 0.2) is 18.7 Å². The molecule has 0 aliphatic heterocycles. The van der Waals surface area contributed by atoms with Crippen molar-refractivity contribution >= 4 is 11.7 Å². The maximum absolute atomic E-state index is 11.1. The van der Waals surface area contributed by atoms with Crippen molar-refractivity contribution in [3.05, 3.63) is 24.3 Å². The second-order valence-electron chi connectivity index (χ2n) is 2.37. The Bertz CT molecular complexity index is 450. The van der Waals surface area contributed by atoms with Crippen LogP contribution in [0.25, 0.3) is 5.78 Å². The number of hydrogen-bond donors (Lipinski definition) is 0. The van der Waals surface area contributed by atoms with Crippen molar-refractivity contribution in [2.24, 2.45) is 0 Å². The summed E-state index contributed by atoms with van der Waals surface area (Å²) in [6.07, 6.45) is 4.43. The summed E-state index contributed by atoms with van der Waals surface area (Å²) < 4.78 is 6.08. The molecular formula is C7H6N4O2. The minimum absolute atomic E-state index is 0.370. The molecule has 0 aromatic carbocycles. The first-order chi connectivity index (χ1) is 6.31. The molecule has 0 fully saturated rings. The molecule has 0 atom stereocenters. The molecule has 13 heavy (non-hydrogen) atoms. The van der Waals surface area contributed by atoms with Gasteiger partial charge in [-0.15, -0.1) is 10.2 Å². The molecule has 2 heterocycles. The predicted octanol–water partition coefficient (Wildman–Crippen LogP) is -0.0891. The van der Waals surface area contributed by atoms with E-state index < -0.39 is 5.97 Å². The molecule has 66 valence electrons. The summed E-state index contributed by atoms with van der Waals surface area (Å²) in [6, 6.07) is 0. The van der Waals surface area contributed by atoms with Crippen LogP contribution in [0, 0.1) is 0 Å². The van der Waals surface area contributed by atoms with E-state index in [2.05, 4.69) is 19.9 Å². The van der Waals surface area contributed by atoms with Gasteiger partial charge in [0.1, 0.15) is 6.33 Å². The molecule has 0 aliphatic rings. The van der Waals surface area contributed by atoms with Crippen molar-refractivity contribution in [1.29, 1.82) is 0 Å². The van der Waals surface area contributed by atoms with E-state index in [1.165, 1.54) is 19.6 Å². The molecule has 2 aromatic rings. The van der Waals surface area contributed by atoms with Crippen LogP contribution in [0.1, 0.15) is 10.4 Å². The number of methoxy groups -OCH3 is 1. The first kappa shape index (κ1) is 7.66. The van der Waals surface area contributed by atoms with Gasteiger partial charge in [-0.2, -0.15) is 0 Å². The molecule has 6 heteroatoms. The van der Waals surface area contributed by atoms with E-state index in [1.807, 2.05) is 0 Å². The van der Waals surface area contributed by atoms with Gasteiger partial charge in [-0.05, 0) is 0 Å². The van der Waals surface area contributed by atoms with Gasteiger partial charge < -0.3 is 4.74 Å². The van der Waals surface area contributed by atoms with Crippen molar-refractivity contribution in [1.82, 2.24) is 19.6 Å². The highest BCUT2D eigenvalue weighted by atomic mass is 16.5. The van der Waals surface area contributed by atoms with E-state index >= 15 is 0 Å². The van der Waals surface area contributed by atoms with Crippen LogP contribution in [0.4, 0.5) is 0 Å². The van der Waals surface area contributed by atoms with Crippen LogP contribution in [0.2, 0.25) is 0 Å². The molecule has 0 aliphatic carbocycles. The maximum atomic E-state index is 11.1. The second-order valence-corrected chi connectivity index (χ2v) is 2.37. The predicted molar refractivity (Wildman–Crippen MR) is 42.1 cm³/mol. The zero-order chi connectivity index (χ0) is 9.26. The summed E-state index contributed by atoms with van der Waals surface area (Å²) in [5, 5.41) is 7.32. The Labute approximate surface area is 73.2 Å². The summed E-state index contributed by atoms with van der Waals surface area (Å²) in [5.74, 6) is 0.0238. The quantitative estimate of drug-likeness (QED) is 0.571. The van der Waals surface area contributed by atoms with Gasteiger partial charge in [0.2, 0.25) is 0 Å². The number of ether oxygens (including phenoxy) is 1. The molecule has 0 amide bonds. The van der Waals surface area contributed by atoms with E-state index in [0.29, 0.717) is 11.3 Å². The molecule has 6 nitrogen and oxygen atoms in total. The minimum Gasteiger partial charge on any atom is -0.465 e. The van der Waals surface area contributed by atoms with E-state index in [1.54, 1.807) is 10.6 Å². The number of nitrogens with zero attached hydrogens (tertiary/aromatic N) is 4. The number of hydrogen-bond acceptors (Lipinski definition) is 5. The van der Waals surface area contributed by atoms with Crippen LogP contribution in [0.3, 0.4) is 0 Å². The Hall–Kier alpha value is -1.98. The van der Waals surface area contributed by atoms with Crippen LogP contribution in [0.5, 0.6) is 0 Å². The first-order valence-corrected chi connectivity index (χ1v) is 3.55. The van der Waals surface area contributed by atoms with Crippen LogP contribution in [-0.4, -0.2) is 32.7 Å². The molecule has 0 spiro atoms. The van der Waals surface area contributed by atoms with Crippen LogP contribution >= 0.6 is 0 Å². The van der Waals surface area contributed by atoms with Gasteiger partial charge in [0, 0.05) is 12.4 Å². The number of rotatable bonds is 1. The largest absolute Gasteiger partial charge is 0.465 e. The number of esters is 1. The van der Waals surface area contributed by atoms with Crippen LogP contribution in [-0.2, 0) is 4.74 Å². The third kappa shape index (κ3) is 1.22. The van der Waals surface area contributed by atoms with Crippen molar-refractivity contribution < 1.29 is 9.53 Å². The summed E-state index contributed by atoms with van der Waals surface area (Å²) in [4.78, 5) is 15.0. The molecule has 0 saturated heterocycles. The molecular weight excluding hydrogens is 172 g/mol. The summed E-state index contributed by atoms with van der Waals surface area (Å²) in [5.41, 5.74) is 0.370. The fourth-order valence-electron chi connectivity index (χ4n) is 0.954. The second kappa shape index (κ2) is 2.81. The molecule has 2 aromatic heterocycles. The van der Waals surface area contributed by atoms with E-state index in [4.69, 9.17) is 0 Å². The van der Waals surface area contributed by atoms with Gasteiger partial charge in [0.15, 0.2) is 0 Å². The Morgan fingerprint density at radius 1 is 1.62 bits per heavy atom. The average Bonchev–Trinajstić information content (AvgIpc) is 2.63. The van der Waals surface area contributed by atoms with Gasteiger partial charge in [-0.25, -0.2) is 9.78 Å². The SMILES string of the molecule is COC(=O)c1cnc2nncn2c1. The van der Waals surface area contributed by atoms with Crippen molar-refractivity contribution in [2.75, 3.05) is 7.11 Å². The summed E-state index contributed by atoms with van der Waals surface area (Å²) in [7, 11) is 1.32. The fourth-order valence-corrected chi connectivity index (χ4v) is 0.954. The highest BCUT2D eigenvalue weighted by Gasteiger charge is 2.06. The van der Waals surface area contributed by atoms with Gasteiger partial charge in [-0.1, -0.05) is 0 Å². The molecule has 0 radical (unpaired) electrons. The number of carbonyl (C=O) groups excluding carboxylic acids is 1. The van der Waals surface area contributed by atoms with Crippen molar-refractivity contribution in [3.63, 3.8) is 0 Å². The normalized spacial score (nSPS) is 10.2. The van der Waals surface area contributed by atoms with Crippen molar-refractivity contribution in [2.45, 2.75) is 0 Å². The highest BCUT2D eigenvalue weighted by Crippen LogP contribution is 2.00. The number of fused-ring (bicyclic) bond motifs is 1. The standard InChI is InChI=1S/C7H6N4O2/c1-13-6(12)5-2-8-7-10-9-4-11(7)3-5/h2-4H,1H3. The third-order valence-electron chi connectivity index (χ3n) is 1.57. The van der Waals surface area contributed by atoms with Crippen molar-refractivity contribution in [3.8, 4) is 0 Å². The molecule has 0 unspecified atom stereocenters. The van der Waals surface area contributed by atoms with Gasteiger partial charge in [0.05, 0.1) is 12.7 Å². The lowest BCUT2D eigenvalue weighted by Crippen LogP contribution is -2.03. The van der Waals surface area contributed by atoms with E-state index in [9.17, 15) is 4.79 Å². The lowest BCUT2D eigenvalue weighted by atomic mass is 10.3. The minimum atomic E-state index is -0.428. The van der Waals surface area contributed by atoms with Gasteiger partial charge >= 0.3 is 5.97 Å². The average molecular weight is 178 g/mol. The van der Waals surface area contributed by atoms with Gasteiger partial charge in [0.25, 0.3) is 5.78 Å².